The van der Waals surface area contributed by atoms with Crippen LogP contribution in [-0.2, 0) is 4.74 Å². The first kappa shape index (κ1) is 15.7. The fourth-order valence-corrected chi connectivity index (χ4v) is 3.75. The number of benzene rings is 1. The number of rotatable bonds is 5. The van der Waals surface area contributed by atoms with Crippen LogP contribution in [0.25, 0.3) is 0 Å². The van der Waals surface area contributed by atoms with Crippen molar-refractivity contribution in [1.29, 1.82) is 0 Å². The van der Waals surface area contributed by atoms with Crippen LogP contribution in [0.5, 0.6) is 5.75 Å². The quantitative estimate of drug-likeness (QED) is 0.904. The summed E-state index contributed by atoms with van der Waals surface area (Å²) >= 11 is 1.97. The highest BCUT2D eigenvalue weighted by atomic mass is 32.2. The van der Waals surface area contributed by atoms with Gasteiger partial charge >= 0.3 is 0 Å². The number of hydrogen-bond donors (Lipinski definition) is 1. The molecule has 0 spiro atoms. The van der Waals surface area contributed by atoms with Crippen molar-refractivity contribution in [1.82, 2.24) is 5.32 Å². The average molecular weight is 295 g/mol. The lowest BCUT2D eigenvalue weighted by Gasteiger charge is -2.33. The van der Waals surface area contributed by atoms with Crippen molar-refractivity contribution in [2.45, 2.75) is 32.9 Å². The van der Waals surface area contributed by atoms with Gasteiger partial charge in [0.1, 0.15) is 5.75 Å². The van der Waals surface area contributed by atoms with E-state index in [-0.39, 0.29) is 12.1 Å². The van der Waals surface area contributed by atoms with Crippen molar-refractivity contribution < 1.29 is 9.47 Å². The number of nitrogens with one attached hydrogen (secondary N) is 1. The minimum atomic E-state index is 0.198. The Bertz CT molecular complexity index is 444. The van der Waals surface area contributed by atoms with E-state index in [0.29, 0.717) is 0 Å². The third-order valence-corrected chi connectivity index (χ3v) is 4.68. The molecule has 1 heterocycles. The number of aryl methyl sites for hydroxylation is 2. The standard InChI is InChI=1S/C16H25NO2S/c1-5-17-16(14-10-20-7-6-19-14)15-12(3)8-11(2)9-13(15)18-4/h8-9,14,16-17H,5-7,10H2,1-4H3. The largest absolute Gasteiger partial charge is 0.496 e. The predicted molar refractivity (Wildman–Crippen MR) is 86.0 cm³/mol. The van der Waals surface area contributed by atoms with Gasteiger partial charge in [0.2, 0.25) is 0 Å². The van der Waals surface area contributed by atoms with Gasteiger partial charge in [0.05, 0.1) is 25.9 Å². The van der Waals surface area contributed by atoms with Crippen LogP contribution in [0.15, 0.2) is 12.1 Å². The summed E-state index contributed by atoms with van der Waals surface area (Å²) < 4.78 is 11.6. The first-order chi connectivity index (χ1) is 9.67. The summed E-state index contributed by atoms with van der Waals surface area (Å²) in [4.78, 5) is 0. The van der Waals surface area contributed by atoms with E-state index in [1.165, 1.54) is 16.7 Å². The minimum absolute atomic E-state index is 0.198. The van der Waals surface area contributed by atoms with Gasteiger partial charge in [-0.25, -0.2) is 0 Å². The summed E-state index contributed by atoms with van der Waals surface area (Å²) in [6.07, 6.45) is 0.212. The van der Waals surface area contributed by atoms with Crippen LogP contribution in [0.3, 0.4) is 0 Å². The van der Waals surface area contributed by atoms with Gasteiger partial charge in [-0.05, 0) is 37.6 Å². The zero-order valence-corrected chi connectivity index (χ0v) is 13.7. The van der Waals surface area contributed by atoms with Gasteiger partial charge < -0.3 is 14.8 Å². The highest BCUT2D eigenvalue weighted by molar-refractivity contribution is 7.99. The molecule has 1 N–H and O–H groups in total. The Labute approximate surface area is 126 Å². The Hall–Kier alpha value is -0.710. The fraction of sp³-hybridized carbons (Fsp3) is 0.625. The molecule has 1 saturated heterocycles. The lowest BCUT2D eigenvalue weighted by molar-refractivity contribution is 0.0464. The molecule has 1 fully saturated rings. The Kier molecular flexibility index (Phi) is 5.75. The van der Waals surface area contributed by atoms with Gasteiger partial charge in [-0.1, -0.05) is 13.0 Å². The minimum Gasteiger partial charge on any atom is -0.496 e. The second-order valence-corrected chi connectivity index (χ2v) is 6.37. The number of methoxy groups -OCH3 is 1. The summed E-state index contributed by atoms with van der Waals surface area (Å²) in [6.45, 7) is 8.16. The third-order valence-electron chi connectivity index (χ3n) is 3.66. The average Bonchev–Trinajstić information content (AvgIpc) is 2.45. The van der Waals surface area contributed by atoms with E-state index in [1.54, 1.807) is 7.11 Å². The number of ether oxygens (including phenoxy) is 2. The van der Waals surface area contributed by atoms with Gasteiger partial charge in [-0.15, -0.1) is 0 Å². The first-order valence-corrected chi connectivity index (χ1v) is 8.40. The summed E-state index contributed by atoms with van der Waals surface area (Å²) in [6, 6.07) is 4.53. The van der Waals surface area contributed by atoms with E-state index in [9.17, 15) is 0 Å². The molecular formula is C16H25NO2S. The van der Waals surface area contributed by atoms with E-state index in [4.69, 9.17) is 9.47 Å². The monoisotopic (exact) mass is 295 g/mol. The van der Waals surface area contributed by atoms with Crippen molar-refractivity contribution in [2.24, 2.45) is 0 Å². The lowest BCUT2D eigenvalue weighted by atomic mass is 9.94. The molecule has 1 aromatic carbocycles. The summed E-state index contributed by atoms with van der Waals surface area (Å²) in [5.74, 6) is 3.10. The molecular weight excluding hydrogens is 270 g/mol. The van der Waals surface area contributed by atoms with E-state index in [0.717, 1.165) is 30.4 Å². The van der Waals surface area contributed by atoms with Crippen molar-refractivity contribution in [3.05, 3.63) is 28.8 Å². The maximum absolute atomic E-state index is 5.99. The van der Waals surface area contributed by atoms with Crippen LogP contribution in [0, 0.1) is 13.8 Å². The second-order valence-electron chi connectivity index (χ2n) is 5.22. The molecule has 1 aliphatic heterocycles. The summed E-state index contributed by atoms with van der Waals surface area (Å²) in [5.41, 5.74) is 3.75. The maximum Gasteiger partial charge on any atom is 0.124 e. The number of hydrogen-bond acceptors (Lipinski definition) is 4. The Morgan fingerprint density at radius 3 is 2.85 bits per heavy atom. The Balaban J connectivity index is 2.37. The molecule has 1 aliphatic rings. The van der Waals surface area contributed by atoms with Crippen molar-refractivity contribution >= 4 is 11.8 Å². The van der Waals surface area contributed by atoms with Crippen LogP contribution in [-0.4, -0.2) is 37.9 Å². The van der Waals surface area contributed by atoms with Crippen LogP contribution < -0.4 is 10.1 Å². The van der Waals surface area contributed by atoms with Crippen molar-refractivity contribution in [3.8, 4) is 5.75 Å². The van der Waals surface area contributed by atoms with Crippen molar-refractivity contribution in [3.63, 3.8) is 0 Å². The molecule has 0 aromatic heterocycles. The third kappa shape index (κ3) is 3.48. The Morgan fingerprint density at radius 1 is 1.45 bits per heavy atom. The normalized spacial score (nSPS) is 20.7. The molecule has 0 amide bonds. The summed E-state index contributed by atoms with van der Waals surface area (Å²) in [5, 5.41) is 3.59. The summed E-state index contributed by atoms with van der Waals surface area (Å²) in [7, 11) is 1.75. The fourth-order valence-electron chi connectivity index (χ4n) is 2.84. The lowest BCUT2D eigenvalue weighted by Crippen LogP contribution is -2.38. The van der Waals surface area contributed by atoms with E-state index in [2.05, 4.69) is 38.2 Å². The van der Waals surface area contributed by atoms with Gasteiger partial charge in [-0.2, -0.15) is 11.8 Å². The van der Waals surface area contributed by atoms with Gasteiger partial charge in [0.15, 0.2) is 0 Å². The number of likely N-dealkylation sites (N-methyl/N-ethyl adjacent to an activating group) is 1. The Morgan fingerprint density at radius 2 is 2.25 bits per heavy atom. The highest BCUT2D eigenvalue weighted by Gasteiger charge is 2.29. The SMILES string of the molecule is CCNC(c1c(C)cc(C)cc1OC)C1CSCCO1. The molecule has 2 rings (SSSR count). The molecule has 3 nitrogen and oxygen atoms in total. The van der Waals surface area contributed by atoms with Gasteiger partial charge in [0, 0.05) is 17.1 Å². The second kappa shape index (κ2) is 7.34. The molecule has 20 heavy (non-hydrogen) atoms. The zero-order valence-electron chi connectivity index (χ0n) is 12.9. The van der Waals surface area contributed by atoms with Crippen LogP contribution in [0.2, 0.25) is 0 Å². The van der Waals surface area contributed by atoms with Crippen molar-refractivity contribution in [2.75, 3.05) is 31.8 Å². The molecule has 2 unspecified atom stereocenters. The molecule has 0 radical (unpaired) electrons. The van der Waals surface area contributed by atoms with Gasteiger partial charge in [-0.3, -0.25) is 0 Å². The molecule has 0 saturated carbocycles. The molecule has 2 atom stereocenters. The van der Waals surface area contributed by atoms with E-state index < -0.39 is 0 Å². The maximum atomic E-state index is 5.99. The predicted octanol–water partition coefficient (Wildman–Crippen LogP) is 3.09. The smallest absolute Gasteiger partial charge is 0.124 e. The van der Waals surface area contributed by atoms with Crippen LogP contribution in [0.1, 0.15) is 29.7 Å². The van der Waals surface area contributed by atoms with Crippen LogP contribution in [0.4, 0.5) is 0 Å². The molecule has 4 heteroatoms. The molecule has 0 aliphatic carbocycles. The molecule has 112 valence electrons. The first-order valence-electron chi connectivity index (χ1n) is 7.25. The van der Waals surface area contributed by atoms with Crippen LogP contribution >= 0.6 is 11.8 Å². The zero-order chi connectivity index (χ0) is 14.5. The topological polar surface area (TPSA) is 30.5 Å². The van der Waals surface area contributed by atoms with Gasteiger partial charge in [0.25, 0.3) is 0 Å². The number of thioether (sulfide) groups is 1. The van der Waals surface area contributed by atoms with E-state index in [1.807, 2.05) is 11.8 Å². The highest BCUT2D eigenvalue weighted by Crippen LogP contribution is 2.34. The van der Waals surface area contributed by atoms with E-state index >= 15 is 0 Å². The molecule has 1 aromatic rings. The molecule has 0 bridgehead atoms.